The van der Waals surface area contributed by atoms with Gasteiger partial charge in [0, 0.05) is 0 Å². The zero-order valence-electron chi connectivity index (χ0n) is 7.63. The van der Waals surface area contributed by atoms with E-state index in [4.69, 9.17) is 0 Å². The van der Waals surface area contributed by atoms with Crippen LogP contribution in [-0.4, -0.2) is 37.3 Å². The molecule has 0 aliphatic carbocycles. The summed E-state index contributed by atoms with van der Waals surface area (Å²) in [5.74, 6) is -13.8. The highest BCUT2D eigenvalue weighted by atomic mass is 19.4. The lowest BCUT2D eigenvalue weighted by atomic mass is 10.1. The minimum Gasteiger partial charge on any atom is -0.313 e. The molecule has 0 atom stereocenters. The molecule has 2 nitrogen and oxygen atoms in total. The molecule has 0 bridgehead atoms. The van der Waals surface area contributed by atoms with Gasteiger partial charge in [0.05, 0.1) is 6.61 Å². The topological polar surface area (TPSA) is 29.1 Å². The molecule has 0 aliphatic heterocycles. The predicted octanol–water partition coefficient (Wildman–Crippen LogP) is 2.86. The summed E-state index contributed by atoms with van der Waals surface area (Å²) < 4.78 is 111. The highest BCUT2D eigenvalue weighted by Gasteiger charge is 2.82. The van der Waals surface area contributed by atoms with Crippen molar-refractivity contribution in [2.75, 3.05) is 13.2 Å². The summed E-state index contributed by atoms with van der Waals surface area (Å²) in [6.07, 6.45) is -13.0. The van der Waals surface area contributed by atoms with Crippen molar-refractivity contribution >= 4 is 0 Å². The standard InChI is InChI=1S/C6H4F9O2/c7-3(8,5(11,12)13)4(9,10)6(14,15)17-2-1-16/h1-2H2. The molecule has 0 saturated carbocycles. The molecule has 0 fully saturated rings. The molecule has 0 heterocycles. The van der Waals surface area contributed by atoms with Gasteiger partial charge in [-0.05, 0) is 0 Å². The molecule has 0 aliphatic rings. The number of hydrogen-bond acceptors (Lipinski definition) is 1. The van der Waals surface area contributed by atoms with Crippen LogP contribution in [0.3, 0.4) is 0 Å². The third kappa shape index (κ3) is 2.76. The molecule has 0 aromatic rings. The second-order valence-corrected chi connectivity index (χ2v) is 2.72. The van der Waals surface area contributed by atoms with E-state index in [2.05, 4.69) is 4.74 Å². The lowest BCUT2D eigenvalue weighted by molar-refractivity contribution is -0.444. The van der Waals surface area contributed by atoms with Crippen molar-refractivity contribution in [3.63, 3.8) is 0 Å². The minimum absolute atomic E-state index is 1.51. The second kappa shape index (κ2) is 4.52. The van der Waals surface area contributed by atoms with E-state index in [0.29, 0.717) is 0 Å². The first kappa shape index (κ1) is 16.3. The molecule has 17 heavy (non-hydrogen) atoms. The SMILES string of the molecule is [O]CCOC(F)(F)C(F)(F)C(F)(F)C(F)(F)F. The fourth-order valence-electron chi connectivity index (χ4n) is 0.621. The molecule has 0 rings (SSSR count). The average Bonchev–Trinajstić information content (AvgIpc) is 2.12. The molecular weight excluding hydrogens is 275 g/mol. The Morgan fingerprint density at radius 1 is 0.765 bits per heavy atom. The molecule has 0 amide bonds. The Kier molecular flexibility index (Phi) is 4.33. The summed E-state index contributed by atoms with van der Waals surface area (Å²) in [5, 5.41) is 9.64. The number of hydrogen-bond donors (Lipinski definition) is 0. The second-order valence-electron chi connectivity index (χ2n) is 2.72. The summed E-state index contributed by atoms with van der Waals surface area (Å²) in [4.78, 5) is 0. The molecule has 0 saturated heterocycles. The maximum absolute atomic E-state index is 12.4. The predicted molar refractivity (Wildman–Crippen MR) is 32.4 cm³/mol. The third-order valence-corrected chi connectivity index (χ3v) is 1.48. The number of alkyl halides is 9. The Balaban J connectivity index is 5.24. The van der Waals surface area contributed by atoms with E-state index in [1.807, 2.05) is 0 Å². The van der Waals surface area contributed by atoms with Gasteiger partial charge >= 0.3 is 24.1 Å². The molecule has 11 heteroatoms. The van der Waals surface area contributed by atoms with Crippen molar-refractivity contribution in [2.45, 2.75) is 24.1 Å². The minimum atomic E-state index is -6.99. The molecule has 0 N–H and O–H groups in total. The van der Waals surface area contributed by atoms with E-state index in [-0.39, 0.29) is 0 Å². The van der Waals surface area contributed by atoms with Crippen LogP contribution < -0.4 is 0 Å². The van der Waals surface area contributed by atoms with Gasteiger partial charge < -0.3 is 4.74 Å². The monoisotopic (exact) mass is 279 g/mol. The van der Waals surface area contributed by atoms with Gasteiger partial charge in [-0.2, -0.15) is 39.5 Å². The van der Waals surface area contributed by atoms with Crippen molar-refractivity contribution in [3.05, 3.63) is 0 Å². The molecular formula is C6H4F9O2. The van der Waals surface area contributed by atoms with Crippen LogP contribution in [0, 0.1) is 0 Å². The van der Waals surface area contributed by atoms with Gasteiger partial charge in [-0.3, -0.25) is 0 Å². The number of halogens is 9. The van der Waals surface area contributed by atoms with Crippen LogP contribution in [0.4, 0.5) is 39.5 Å². The van der Waals surface area contributed by atoms with Gasteiger partial charge in [0.2, 0.25) is 0 Å². The van der Waals surface area contributed by atoms with E-state index in [1.165, 1.54) is 0 Å². The summed E-state index contributed by atoms with van der Waals surface area (Å²) >= 11 is 0. The van der Waals surface area contributed by atoms with Gasteiger partial charge in [0.15, 0.2) is 0 Å². The first-order valence-electron chi connectivity index (χ1n) is 3.73. The zero-order chi connectivity index (χ0) is 14.1. The summed E-state index contributed by atoms with van der Waals surface area (Å²) in [7, 11) is 0. The van der Waals surface area contributed by atoms with Crippen molar-refractivity contribution in [2.24, 2.45) is 0 Å². The van der Waals surface area contributed by atoms with Gasteiger partial charge in [-0.1, -0.05) is 0 Å². The largest absolute Gasteiger partial charge is 0.460 e. The quantitative estimate of drug-likeness (QED) is 0.711. The Bertz CT molecular complexity index is 259. The average molecular weight is 279 g/mol. The number of ether oxygens (including phenoxy) is 1. The van der Waals surface area contributed by atoms with E-state index < -0.39 is 37.3 Å². The summed E-state index contributed by atoms with van der Waals surface area (Å²) in [6.45, 7) is -3.15. The lowest BCUT2D eigenvalue weighted by Gasteiger charge is -2.32. The molecule has 0 spiro atoms. The van der Waals surface area contributed by atoms with Gasteiger partial charge in [0.1, 0.15) is 6.61 Å². The fraction of sp³-hybridized carbons (Fsp3) is 1.00. The van der Waals surface area contributed by atoms with Crippen molar-refractivity contribution < 1.29 is 49.4 Å². The number of rotatable bonds is 5. The fourth-order valence-corrected chi connectivity index (χ4v) is 0.621. The molecule has 103 valence electrons. The first-order valence-corrected chi connectivity index (χ1v) is 3.73. The molecule has 1 radical (unpaired) electrons. The highest BCUT2D eigenvalue weighted by molar-refractivity contribution is 4.96. The molecule has 0 unspecified atom stereocenters. The zero-order valence-corrected chi connectivity index (χ0v) is 7.63. The van der Waals surface area contributed by atoms with Crippen LogP contribution in [-0.2, 0) is 9.84 Å². The van der Waals surface area contributed by atoms with E-state index >= 15 is 0 Å². The summed E-state index contributed by atoms with van der Waals surface area (Å²) in [6, 6.07) is 0. The van der Waals surface area contributed by atoms with Gasteiger partial charge in [0.25, 0.3) is 0 Å². The Morgan fingerprint density at radius 3 is 1.47 bits per heavy atom. The first-order chi connectivity index (χ1) is 7.31. The molecule has 0 aromatic heterocycles. The molecule has 0 aromatic carbocycles. The smallest absolute Gasteiger partial charge is 0.313 e. The maximum atomic E-state index is 12.4. The van der Waals surface area contributed by atoms with Crippen molar-refractivity contribution in [1.82, 2.24) is 0 Å². The van der Waals surface area contributed by atoms with Crippen LogP contribution in [0.1, 0.15) is 0 Å². The Labute approximate surface area is 88.0 Å². The van der Waals surface area contributed by atoms with Crippen molar-refractivity contribution in [1.29, 1.82) is 0 Å². The van der Waals surface area contributed by atoms with Crippen LogP contribution in [0.2, 0.25) is 0 Å². The van der Waals surface area contributed by atoms with Crippen LogP contribution in [0.25, 0.3) is 0 Å². The van der Waals surface area contributed by atoms with Crippen molar-refractivity contribution in [3.8, 4) is 0 Å². The van der Waals surface area contributed by atoms with Crippen LogP contribution in [0.15, 0.2) is 0 Å². The van der Waals surface area contributed by atoms with E-state index in [9.17, 15) is 44.6 Å². The van der Waals surface area contributed by atoms with Crippen LogP contribution >= 0.6 is 0 Å². The summed E-state index contributed by atoms with van der Waals surface area (Å²) in [5.41, 5.74) is 0. The van der Waals surface area contributed by atoms with E-state index in [1.54, 1.807) is 0 Å². The third-order valence-electron chi connectivity index (χ3n) is 1.48. The lowest BCUT2D eigenvalue weighted by Crippen LogP contribution is -2.61. The Hall–Kier alpha value is -0.710. The maximum Gasteiger partial charge on any atom is 0.460 e. The normalized spacial score (nSPS) is 15.2. The van der Waals surface area contributed by atoms with Crippen LogP contribution in [0.5, 0.6) is 0 Å². The van der Waals surface area contributed by atoms with Gasteiger partial charge in [-0.25, -0.2) is 5.11 Å². The van der Waals surface area contributed by atoms with Gasteiger partial charge in [-0.15, -0.1) is 0 Å². The highest BCUT2D eigenvalue weighted by Crippen LogP contribution is 2.53. The van der Waals surface area contributed by atoms with E-state index in [0.717, 1.165) is 0 Å². The Morgan fingerprint density at radius 2 is 1.18 bits per heavy atom.